The lowest BCUT2D eigenvalue weighted by Crippen LogP contribution is -1.96. The molecule has 0 radical (unpaired) electrons. The molecule has 0 saturated heterocycles. The first-order valence-electron chi connectivity index (χ1n) is 3.03. The number of thiophene rings is 1. The average molecular weight is 165 g/mol. The highest BCUT2D eigenvalue weighted by Gasteiger charge is 2.00. The van der Waals surface area contributed by atoms with Crippen molar-refractivity contribution in [1.29, 1.82) is 0 Å². The quantitative estimate of drug-likeness (QED) is 0.202. The normalized spacial score (nSPS) is 11.1. The molecule has 0 amide bonds. The Kier molecular flexibility index (Phi) is 2.29. The molecule has 0 spiro atoms. The predicted molar refractivity (Wildman–Crippen MR) is 47.0 cm³/mol. The van der Waals surface area contributed by atoms with Crippen molar-refractivity contribution in [2.24, 2.45) is 0 Å². The number of rotatable bonds is 1. The van der Waals surface area contributed by atoms with Crippen LogP contribution in [0.1, 0.15) is 10.4 Å². The molecule has 0 fully saturated rings. The van der Waals surface area contributed by atoms with Crippen molar-refractivity contribution in [3.05, 3.63) is 27.1 Å². The third kappa shape index (κ3) is 1.82. The maximum Gasteiger partial charge on any atom is 0.192 e. The minimum absolute atomic E-state index is 0.743. The second kappa shape index (κ2) is 3.22. The molecular formula is C8H7NOS. The second-order valence-corrected chi connectivity index (χ2v) is 2.97. The Balaban J connectivity index is 3.06. The fraction of sp³-hybridized carbons (Fsp3) is 0.125. The van der Waals surface area contributed by atoms with Gasteiger partial charge in [0.05, 0.1) is 0 Å². The Hall–Kier alpha value is -1.27. The van der Waals surface area contributed by atoms with Gasteiger partial charge in [0.25, 0.3) is 0 Å². The van der Waals surface area contributed by atoms with Crippen LogP contribution < -0.4 is 0 Å². The summed E-state index contributed by atoms with van der Waals surface area (Å²) in [6.07, 6.45) is 6.66. The summed E-state index contributed by atoms with van der Waals surface area (Å²) in [5.41, 5.74) is 0.776. The topological polar surface area (TPSA) is 26.1 Å². The van der Waals surface area contributed by atoms with Gasteiger partial charge in [-0.3, -0.25) is 0 Å². The van der Waals surface area contributed by atoms with Crippen molar-refractivity contribution in [3.8, 4) is 12.3 Å². The highest BCUT2D eigenvalue weighted by Crippen LogP contribution is 2.12. The lowest BCUT2D eigenvalue weighted by Gasteiger charge is -1.92. The Morgan fingerprint density at radius 1 is 1.82 bits per heavy atom. The third-order valence-corrected chi connectivity index (χ3v) is 2.00. The van der Waals surface area contributed by atoms with Gasteiger partial charge in [-0.05, 0) is 11.4 Å². The van der Waals surface area contributed by atoms with E-state index in [0.717, 1.165) is 15.2 Å². The monoisotopic (exact) mass is 165 g/mol. The molecule has 1 rings (SSSR count). The standard InChI is InChI=1S/C8H7NOS/c1-3-7-4-5-11-8(7)6-9(2)10/h1,4-6H,2H3/b9-6-. The van der Waals surface area contributed by atoms with E-state index < -0.39 is 0 Å². The van der Waals surface area contributed by atoms with Gasteiger partial charge in [0.1, 0.15) is 11.9 Å². The van der Waals surface area contributed by atoms with Gasteiger partial charge < -0.3 is 5.21 Å². The van der Waals surface area contributed by atoms with Crippen molar-refractivity contribution in [3.63, 3.8) is 0 Å². The van der Waals surface area contributed by atoms with Crippen molar-refractivity contribution in [1.82, 2.24) is 0 Å². The number of hydrogen-bond acceptors (Lipinski definition) is 2. The van der Waals surface area contributed by atoms with Crippen LogP contribution in [-0.2, 0) is 0 Å². The van der Waals surface area contributed by atoms with Gasteiger partial charge >= 0.3 is 0 Å². The zero-order valence-electron chi connectivity index (χ0n) is 6.07. The van der Waals surface area contributed by atoms with Crippen LogP contribution in [0.5, 0.6) is 0 Å². The van der Waals surface area contributed by atoms with Crippen molar-refractivity contribution in [2.75, 3.05) is 7.05 Å². The molecule has 3 heteroatoms. The summed E-state index contributed by atoms with van der Waals surface area (Å²) in [4.78, 5) is 0.838. The lowest BCUT2D eigenvalue weighted by atomic mass is 10.3. The summed E-state index contributed by atoms with van der Waals surface area (Å²) in [5.74, 6) is 2.49. The predicted octanol–water partition coefficient (Wildman–Crippen LogP) is 1.29. The Bertz CT molecular complexity index is 315. The van der Waals surface area contributed by atoms with E-state index in [1.807, 2.05) is 11.4 Å². The van der Waals surface area contributed by atoms with Crippen LogP contribution in [0.3, 0.4) is 0 Å². The van der Waals surface area contributed by atoms with Crippen LogP contribution in [0, 0.1) is 17.6 Å². The van der Waals surface area contributed by atoms with Crippen LogP contribution in [0.4, 0.5) is 0 Å². The summed E-state index contributed by atoms with van der Waals surface area (Å²) in [7, 11) is 1.43. The number of hydrogen-bond donors (Lipinski definition) is 0. The second-order valence-electron chi connectivity index (χ2n) is 2.02. The Labute approximate surface area is 69.4 Å². The van der Waals surface area contributed by atoms with E-state index in [9.17, 15) is 5.21 Å². The minimum atomic E-state index is 0.743. The summed E-state index contributed by atoms with van der Waals surface area (Å²) >= 11 is 1.46. The fourth-order valence-electron chi connectivity index (χ4n) is 0.705. The van der Waals surface area contributed by atoms with E-state index in [0.29, 0.717) is 0 Å². The van der Waals surface area contributed by atoms with Crippen molar-refractivity contribution in [2.45, 2.75) is 0 Å². The SMILES string of the molecule is C#Cc1ccsc1/C=[N+](/C)[O-]. The first-order valence-corrected chi connectivity index (χ1v) is 3.91. The Morgan fingerprint density at radius 2 is 2.55 bits per heavy atom. The van der Waals surface area contributed by atoms with Crippen LogP contribution >= 0.6 is 11.3 Å². The molecule has 11 heavy (non-hydrogen) atoms. The van der Waals surface area contributed by atoms with Crippen molar-refractivity contribution >= 4 is 17.6 Å². The van der Waals surface area contributed by atoms with Gasteiger partial charge in [0.2, 0.25) is 0 Å². The van der Waals surface area contributed by atoms with Gasteiger partial charge in [-0.15, -0.1) is 17.8 Å². The number of nitrogens with zero attached hydrogens (tertiary/aromatic N) is 1. The Morgan fingerprint density at radius 3 is 3.09 bits per heavy atom. The molecule has 0 aliphatic rings. The molecule has 1 aromatic heterocycles. The van der Waals surface area contributed by atoms with Gasteiger partial charge in [0, 0.05) is 5.56 Å². The molecule has 0 aromatic carbocycles. The summed E-state index contributed by atoms with van der Waals surface area (Å²) in [6, 6.07) is 1.82. The largest absolute Gasteiger partial charge is 0.624 e. The lowest BCUT2D eigenvalue weighted by molar-refractivity contribution is -0.416. The van der Waals surface area contributed by atoms with E-state index >= 15 is 0 Å². The van der Waals surface area contributed by atoms with Crippen molar-refractivity contribution < 1.29 is 4.74 Å². The molecule has 0 N–H and O–H groups in total. The fourth-order valence-corrected chi connectivity index (χ4v) is 1.52. The number of hydroxylamine groups is 1. The molecule has 0 aliphatic heterocycles. The van der Waals surface area contributed by atoms with Crippen LogP contribution in [0.2, 0.25) is 0 Å². The first kappa shape index (κ1) is 7.83. The highest BCUT2D eigenvalue weighted by molar-refractivity contribution is 7.11. The maximum absolute atomic E-state index is 10.6. The summed E-state index contributed by atoms with van der Waals surface area (Å²) in [5, 5.41) is 12.4. The van der Waals surface area contributed by atoms with E-state index in [4.69, 9.17) is 6.42 Å². The molecule has 0 saturated carbocycles. The number of terminal acetylenes is 1. The van der Waals surface area contributed by atoms with E-state index in [-0.39, 0.29) is 0 Å². The van der Waals surface area contributed by atoms with Gasteiger partial charge in [-0.25, -0.2) is 4.74 Å². The summed E-state index contributed by atoms with van der Waals surface area (Å²) < 4.78 is 0.743. The van der Waals surface area contributed by atoms with E-state index in [2.05, 4.69) is 5.92 Å². The molecule has 2 nitrogen and oxygen atoms in total. The molecule has 0 unspecified atom stereocenters. The molecule has 0 bridgehead atoms. The van der Waals surface area contributed by atoms with Gasteiger partial charge in [-0.2, -0.15) is 0 Å². The molecule has 0 atom stereocenters. The minimum Gasteiger partial charge on any atom is -0.624 e. The molecule has 1 heterocycles. The van der Waals surface area contributed by atoms with Crippen LogP contribution in [-0.4, -0.2) is 18.0 Å². The van der Waals surface area contributed by atoms with Crippen LogP contribution in [0.15, 0.2) is 11.4 Å². The van der Waals surface area contributed by atoms with Gasteiger partial charge in [0.15, 0.2) is 6.21 Å². The highest BCUT2D eigenvalue weighted by atomic mass is 32.1. The smallest absolute Gasteiger partial charge is 0.192 e. The third-order valence-electron chi connectivity index (χ3n) is 1.15. The van der Waals surface area contributed by atoms with Gasteiger partial charge in [-0.1, -0.05) is 5.92 Å². The first-order chi connectivity index (χ1) is 5.24. The van der Waals surface area contributed by atoms with E-state index in [1.165, 1.54) is 24.6 Å². The summed E-state index contributed by atoms with van der Waals surface area (Å²) in [6.45, 7) is 0. The van der Waals surface area contributed by atoms with E-state index in [1.54, 1.807) is 0 Å². The molecule has 56 valence electrons. The molecule has 1 aromatic rings. The zero-order valence-corrected chi connectivity index (χ0v) is 6.89. The van der Waals surface area contributed by atoms with Crippen LogP contribution in [0.25, 0.3) is 0 Å². The molecular weight excluding hydrogens is 158 g/mol. The molecule has 0 aliphatic carbocycles. The zero-order chi connectivity index (χ0) is 8.27. The maximum atomic E-state index is 10.6. The average Bonchev–Trinajstić information content (AvgIpc) is 2.34.